The van der Waals surface area contributed by atoms with Gasteiger partial charge in [0.2, 0.25) is 0 Å². The molecule has 3 nitrogen and oxygen atoms in total. The summed E-state index contributed by atoms with van der Waals surface area (Å²) in [6, 6.07) is 11.8. The second-order valence-corrected chi connectivity index (χ2v) is 3.38. The van der Waals surface area contributed by atoms with Gasteiger partial charge in [0.15, 0.2) is 0 Å². The highest BCUT2D eigenvalue weighted by Gasteiger charge is 2.03. The lowest BCUT2D eigenvalue weighted by Gasteiger charge is -2.10. The zero-order valence-corrected chi connectivity index (χ0v) is 8.57. The first-order valence-electron chi connectivity index (χ1n) is 4.80. The minimum Gasteiger partial charge on any atom is -0.382 e. The Labute approximate surface area is 89.0 Å². The molecule has 0 unspecified atom stereocenters. The molecule has 1 aromatic heterocycles. The van der Waals surface area contributed by atoms with Crippen LogP contribution >= 0.6 is 0 Å². The normalized spacial score (nSPS) is 9.93. The van der Waals surface area contributed by atoms with Gasteiger partial charge < -0.3 is 11.1 Å². The standard InChI is InChI=1S/C12H13N3/c1-9-7-8-14-12(13)11(9)15-10-5-3-2-4-6-10/h2-8,15H,1H3,(H2,13,14). The molecule has 3 N–H and O–H groups in total. The highest BCUT2D eigenvalue weighted by Crippen LogP contribution is 2.24. The molecule has 1 heterocycles. The maximum atomic E-state index is 5.80. The van der Waals surface area contributed by atoms with Crippen molar-refractivity contribution in [1.82, 2.24) is 4.98 Å². The lowest BCUT2D eigenvalue weighted by Crippen LogP contribution is -2.00. The second-order valence-electron chi connectivity index (χ2n) is 3.38. The molecule has 15 heavy (non-hydrogen) atoms. The molecule has 0 spiro atoms. The van der Waals surface area contributed by atoms with Gasteiger partial charge in [-0.05, 0) is 30.7 Å². The number of anilines is 3. The molecule has 0 amide bonds. The topological polar surface area (TPSA) is 50.9 Å². The molecule has 0 radical (unpaired) electrons. The Balaban J connectivity index is 2.32. The second kappa shape index (κ2) is 4.00. The number of nitrogens with one attached hydrogen (secondary N) is 1. The van der Waals surface area contributed by atoms with Crippen LogP contribution in [0.5, 0.6) is 0 Å². The fraction of sp³-hybridized carbons (Fsp3) is 0.0833. The zero-order chi connectivity index (χ0) is 10.7. The van der Waals surface area contributed by atoms with Crippen LogP contribution in [0.15, 0.2) is 42.6 Å². The van der Waals surface area contributed by atoms with Crippen LogP contribution in [0.1, 0.15) is 5.56 Å². The predicted octanol–water partition coefficient (Wildman–Crippen LogP) is 2.72. The van der Waals surface area contributed by atoms with Crippen molar-refractivity contribution < 1.29 is 0 Å². The van der Waals surface area contributed by atoms with E-state index < -0.39 is 0 Å². The van der Waals surface area contributed by atoms with Crippen LogP contribution in [0, 0.1) is 6.92 Å². The summed E-state index contributed by atoms with van der Waals surface area (Å²) in [5, 5.41) is 3.25. The molecule has 0 aliphatic carbocycles. The van der Waals surface area contributed by atoms with Gasteiger partial charge in [-0.1, -0.05) is 18.2 Å². The van der Waals surface area contributed by atoms with Crippen LogP contribution in [-0.4, -0.2) is 4.98 Å². The van der Waals surface area contributed by atoms with Crippen LogP contribution in [-0.2, 0) is 0 Å². The van der Waals surface area contributed by atoms with Gasteiger partial charge in [-0.25, -0.2) is 4.98 Å². The van der Waals surface area contributed by atoms with Crippen LogP contribution in [0.4, 0.5) is 17.2 Å². The third-order valence-electron chi connectivity index (χ3n) is 2.23. The van der Waals surface area contributed by atoms with E-state index in [4.69, 9.17) is 5.73 Å². The number of pyridine rings is 1. The van der Waals surface area contributed by atoms with Crippen molar-refractivity contribution in [2.75, 3.05) is 11.1 Å². The van der Waals surface area contributed by atoms with Gasteiger partial charge in [-0.3, -0.25) is 0 Å². The Bertz CT molecular complexity index is 431. The van der Waals surface area contributed by atoms with Crippen LogP contribution in [0.25, 0.3) is 0 Å². The number of hydrogen-bond acceptors (Lipinski definition) is 3. The smallest absolute Gasteiger partial charge is 0.147 e. The van der Waals surface area contributed by atoms with E-state index in [2.05, 4.69) is 10.3 Å². The number of aryl methyl sites for hydroxylation is 1. The summed E-state index contributed by atoms with van der Waals surface area (Å²) in [6.45, 7) is 2.00. The van der Waals surface area contributed by atoms with E-state index in [1.54, 1.807) is 6.20 Å². The SMILES string of the molecule is Cc1ccnc(N)c1Nc1ccccc1. The minimum atomic E-state index is 0.527. The molecule has 0 aliphatic heterocycles. The quantitative estimate of drug-likeness (QED) is 0.781. The minimum absolute atomic E-state index is 0.527. The number of para-hydroxylation sites is 1. The molecule has 0 aliphatic rings. The molecule has 0 saturated heterocycles. The molecule has 0 bridgehead atoms. The summed E-state index contributed by atoms with van der Waals surface area (Å²) < 4.78 is 0. The lowest BCUT2D eigenvalue weighted by atomic mass is 10.2. The van der Waals surface area contributed by atoms with Gasteiger partial charge in [-0.2, -0.15) is 0 Å². The Morgan fingerprint density at radius 2 is 1.87 bits per heavy atom. The maximum Gasteiger partial charge on any atom is 0.147 e. The van der Waals surface area contributed by atoms with Gasteiger partial charge >= 0.3 is 0 Å². The van der Waals surface area contributed by atoms with Gasteiger partial charge in [0.1, 0.15) is 5.82 Å². The summed E-state index contributed by atoms with van der Waals surface area (Å²) in [4.78, 5) is 4.05. The first kappa shape index (κ1) is 9.52. The largest absolute Gasteiger partial charge is 0.382 e. The summed E-state index contributed by atoms with van der Waals surface area (Å²) >= 11 is 0. The predicted molar refractivity (Wildman–Crippen MR) is 63.1 cm³/mol. The van der Waals surface area contributed by atoms with Crippen molar-refractivity contribution in [1.29, 1.82) is 0 Å². The fourth-order valence-electron chi connectivity index (χ4n) is 1.41. The van der Waals surface area contributed by atoms with Crippen molar-refractivity contribution in [2.45, 2.75) is 6.92 Å². The number of benzene rings is 1. The summed E-state index contributed by atoms with van der Waals surface area (Å²) in [7, 11) is 0. The first-order valence-corrected chi connectivity index (χ1v) is 4.80. The van der Waals surface area contributed by atoms with Gasteiger partial charge in [0, 0.05) is 11.9 Å². The molecular weight excluding hydrogens is 186 g/mol. The number of nitrogens with two attached hydrogens (primary N) is 1. The molecule has 0 saturated carbocycles. The van der Waals surface area contributed by atoms with E-state index in [1.165, 1.54) is 0 Å². The fourth-order valence-corrected chi connectivity index (χ4v) is 1.41. The monoisotopic (exact) mass is 199 g/mol. The number of nitrogen functional groups attached to an aromatic ring is 1. The molecule has 76 valence electrons. The van der Waals surface area contributed by atoms with Crippen molar-refractivity contribution in [3.8, 4) is 0 Å². The highest BCUT2D eigenvalue weighted by molar-refractivity contribution is 5.72. The molecule has 3 heteroatoms. The average Bonchev–Trinajstić information content (AvgIpc) is 2.25. The maximum absolute atomic E-state index is 5.80. The molecule has 1 aromatic carbocycles. The summed E-state index contributed by atoms with van der Waals surface area (Å²) in [5.41, 5.74) is 8.78. The molecule has 0 atom stereocenters. The molecule has 2 aromatic rings. The number of nitrogens with zero attached hydrogens (tertiary/aromatic N) is 1. The van der Waals surface area contributed by atoms with E-state index >= 15 is 0 Å². The molecular formula is C12H13N3. The van der Waals surface area contributed by atoms with Gasteiger partial charge in [-0.15, -0.1) is 0 Å². The van der Waals surface area contributed by atoms with Gasteiger partial charge in [0.25, 0.3) is 0 Å². The Morgan fingerprint density at radius 1 is 1.13 bits per heavy atom. The molecule has 2 rings (SSSR count). The lowest BCUT2D eigenvalue weighted by molar-refractivity contribution is 1.29. The third kappa shape index (κ3) is 2.07. The van der Waals surface area contributed by atoms with Crippen molar-refractivity contribution in [3.63, 3.8) is 0 Å². The Kier molecular flexibility index (Phi) is 2.54. The van der Waals surface area contributed by atoms with Crippen molar-refractivity contribution in [2.24, 2.45) is 0 Å². The number of rotatable bonds is 2. The van der Waals surface area contributed by atoms with Crippen LogP contribution < -0.4 is 11.1 Å². The Morgan fingerprint density at radius 3 is 2.53 bits per heavy atom. The van der Waals surface area contributed by atoms with Crippen LogP contribution in [0.2, 0.25) is 0 Å². The van der Waals surface area contributed by atoms with E-state index in [0.29, 0.717) is 5.82 Å². The van der Waals surface area contributed by atoms with Crippen molar-refractivity contribution in [3.05, 3.63) is 48.2 Å². The third-order valence-corrected chi connectivity index (χ3v) is 2.23. The van der Waals surface area contributed by atoms with Crippen LogP contribution in [0.3, 0.4) is 0 Å². The van der Waals surface area contributed by atoms with E-state index in [1.807, 2.05) is 43.3 Å². The first-order chi connectivity index (χ1) is 7.27. The van der Waals surface area contributed by atoms with E-state index in [-0.39, 0.29) is 0 Å². The van der Waals surface area contributed by atoms with E-state index in [9.17, 15) is 0 Å². The Hall–Kier alpha value is -2.03. The molecule has 0 fully saturated rings. The zero-order valence-electron chi connectivity index (χ0n) is 8.57. The average molecular weight is 199 g/mol. The van der Waals surface area contributed by atoms with Crippen molar-refractivity contribution >= 4 is 17.2 Å². The number of aromatic nitrogens is 1. The summed E-state index contributed by atoms with van der Waals surface area (Å²) in [5.74, 6) is 0.527. The summed E-state index contributed by atoms with van der Waals surface area (Å²) in [6.07, 6.45) is 1.71. The number of hydrogen-bond donors (Lipinski definition) is 2. The highest BCUT2D eigenvalue weighted by atomic mass is 15.0. The van der Waals surface area contributed by atoms with Gasteiger partial charge in [0.05, 0.1) is 5.69 Å². The van der Waals surface area contributed by atoms with E-state index in [0.717, 1.165) is 16.9 Å².